The second kappa shape index (κ2) is 17.4. The number of hydrogen-bond acceptors (Lipinski definition) is 0. The molecule has 0 aromatic heterocycles. The van der Waals surface area contributed by atoms with Gasteiger partial charge in [0.25, 0.3) is 0 Å². The van der Waals surface area contributed by atoms with Gasteiger partial charge in [-0.05, 0) is 0 Å². The standard InChI is InChI=1S/Al.Nb.Ni.Zr.3H. The maximum atomic E-state index is 0. The Labute approximate surface area is 81.2 Å². The van der Waals surface area contributed by atoms with Crippen molar-refractivity contribution in [1.82, 2.24) is 0 Å². The molecule has 0 bridgehead atoms. The molecular weight excluding hydrogens is 270 g/mol. The molecule has 0 heterocycles. The zero-order chi connectivity index (χ0) is 0. The second-order valence-electron chi connectivity index (χ2n) is 0. The summed E-state index contributed by atoms with van der Waals surface area (Å²) in [5, 5.41) is 0. The van der Waals surface area contributed by atoms with Gasteiger partial charge in [-0.2, -0.15) is 0 Å². The van der Waals surface area contributed by atoms with E-state index in [2.05, 4.69) is 0 Å². The Bertz CT molecular complexity index is 8.00. The molecule has 0 nitrogen and oxygen atoms in total. The van der Waals surface area contributed by atoms with E-state index in [1.165, 1.54) is 0 Å². The third-order valence-electron chi connectivity index (χ3n) is 0. The molecular formula is H3AlNbNiZr. The summed E-state index contributed by atoms with van der Waals surface area (Å²) in [4.78, 5) is 0. The molecule has 25 valence electrons. The Morgan fingerprint density at radius 2 is 1.00 bits per heavy atom. The van der Waals surface area contributed by atoms with Crippen molar-refractivity contribution in [3.05, 3.63) is 0 Å². The van der Waals surface area contributed by atoms with Gasteiger partial charge in [0.1, 0.15) is 0 Å². The third kappa shape index (κ3) is 8.82. The van der Waals surface area contributed by atoms with Crippen LogP contribution in [0.25, 0.3) is 0 Å². The summed E-state index contributed by atoms with van der Waals surface area (Å²) < 4.78 is 0. The molecule has 0 unspecified atom stereocenters. The van der Waals surface area contributed by atoms with Gasteiger partial charge in [-0.1, -0.05) is 0 Å². The van der Waals surface area contributed by atoms with Crippen molar-refractivity contribution in [2.45, 2.75) is 0 Å². The predicted molar refractivity (Wildman–Crippen MR) is 9.94 cm³/mol. The monoisotopic (exact) mass is 271 g/mol. The molecule has 0 aromatic carbocycles. The zero-order valence-corrected chi connectivity index (χ0v) is 6.91. The van der Waals surface area contributed by atoms with Crippen LogP contribution in [0, 0.1) is 0 Å². The van der Waals surface area contributed by atoms with Gasteiger partial charge < -0.3 is 0 Å². The summed E-state index contributed by atoms with van der Waals surface area (Å²) in [6, 6.07) is 0. The molecule has 0 amide bonds. The van der Waals surface area contributed by atoms with E-state index < -0.39 is 0 Å². The van der Waals surface area contributed by atoms with Crippen molar-refractivity contribution in [3.63, 3.8) is 0 Å². The number of rotatable bonds is 0. The van der Waals surface area contributed by atoms with Gasteiger partial charge in [0.2, 0.25) is 0 Å². The Hall–Kier alpha value is 2.65. The van der Waals surface area contributed by atoms with E-state index >= 15 is 0 Å². The molecule has 1 radical (unpaired) electrons. The SMILES string of the molecule is [AlH3].[Nb].[Ni].[Zr]. The molecule has 0 saturated carbocycles. The van der Waals surface area contributed by atoms with Gasteiger partial charge in [-0.3, -0.25) is 0 Å². The Morgan fingerprint density at radius 1 is 1.00 bits per heavy atom. The van der Waals surface area contributed by atoms with E-state index in [0.717, 1.165) is 0 Å². The van der Waals surface area contributed by atoms with Gasteiger partial charge in [0, 0.05) is 65.1 Å². The summed E-state index contributed by atoms with van der Waals surface area (Å²) in [6.07, 6.45) is 0. The largest absolute Gasteiger partial charge is 0.187 e. The van der Waals surface area contributed by atoms with Gasteiger partial charge in [0.15, 0.2) is 17.4 Å². The minimum atomic E-state index is 0. The van der Waals surface area contributed by atoms with Crippen LogP contribution in [0.2, 0.25) is 0 Å². The smallest absolute Gasteiger partial charge is 0 e. The van der Waals surface area contributed by atoms with E-state index in [1.54, 1.807) is 0 Å². The van der Waals surface area contributed by atoms with Crippen LogP contribution in [-0.4, -0.2) is 17.4 Å². The average molecular weight is 273 g/mol. The summed E-state index contributed by atoms with van der Waals surface area (Å²) in [7, 11) is 0. The third-order valence-corrected chi connectivity index (χ3v) is 0. The summed E-state index contributed by atoms with van der Waals surface area (Å²) in [6.45, 7) is 0. The molecule has 0 N–H and O–H groups in total. The molecule has 0 aliphatic heterocycles. The quantitative estimate of drug-likeness (QED) is 0.487. The van der Waals surface area contributed by atoms with Crippen LogP contribution in [0.1, 0.15) is 0 Å². The van der Waals surface area contributed by atoms with Gasteiger partial charge in [-0.15, -0.1) is 0 Å². The Kier molecular flexibility index (Phi) is 132. The fourth-order valence-corrected chi connectivity index (χ4v) is 0. The van der Waals surface area contributed by atoms with Crippen molar-refractivity contribution in [2.75, 3.05) is 0 Å². The maximum absolute atomic E-state index is 0. The molecule has 0 aliphatic rings. The van der Waals surface area contributed by atoms with E-state index in [-0.39, 0.29) is 82.4 Å². The van der Waals surface area contributed by atoms with Crippen LogP contribution >= 0.6 is 0 Å². The molecule has 0 aromatic rings. The van der Waals surface area contributed by atoms with Crippen molar-refractivity contribution >= 4 is 17.4 Å². The predicted octanol–water partition coefficient (Wildman–Crippen LogP) is -1.19. The zero-order valence-electron chi connectivity index (χ0n) is 1.26. The van der Waals surface area contributed by atoms with Crippen molar-refractivity contribution < 1.29 is 65.1 Å². The van der Waals surface area contributed by atoms with Gasteiger partial charge >= 0.3 is 0 Å². The van der Waals surface area contributed by atoms with Crippen LogP contribution in [0.5, 0.6) is 0 Å². The van der Waals surface area contributed by atoms with Crippen molar-refractivity contribution in [1.29, 1.82) is 0 Å². The first-order valence-electron chi connectivity index (χ1n) is 0. The normalized spacial score (nSPS) is 0. The van der Waals surface area contributed by atoms with E-state index in [4.69, 9.17) is 0 Å². The van der Waals surface area contributed by atoms with Crippen LogP contribution < -0.4 is 0 Å². The van der Waals surface area contributed by atoms with Crippen molar-refractivity contribution in [3.8, 4) is 0 Å². The molecule has 4 heteroatoms. The summed E-state index contributed by atoms with van der Waals surface area (Å²) in [5.41, 5.74) is 0. The Morgan fingerprint density at radius 3 is 1.00 bits per heavy atom. The first-order valence-corrected chi connectivity index (χ1v) is 0. The molecule has 0 rings (SSSR count). The average Bonchev–Trinajstić information content (AvgIpc) is 0. The van der Waals surface area contributed by atoms with Gasteiger partial charge in [0.05, 0.1) is 0 Å². The first-order chi connectivity index (χ1) is 0. The Balaban J connectivity index is 0. The van der Waals surface area contributed by atoms with E-state index in [0.29, 0.717) is 0 Å². The summed E-state index contributed by atoms with van der Waals surface area (Å²) in [5.74, 6) is 0. The van der Waals surface area contributed by atoms with Crippen LogP contribution in [-0.2, 0) is 65.1 Å². The number of hydrogen-bond donors (Lipinski definition) is 0. The fourth-order valence-electron chi connectivity index (χ4n) is 0. The van der Waals surface area contributed by atoms with Gasteiger partial charge in [-0.25, -0.2) is 0 Å². The minimum Gasteiger partial charge on any atom is 0 e. The first kappa shape index (κ1) is 30.2. The molecule has 4 heavy (non-hydrogen) atoms. The van der Waals surface area contributed by atoms with E-state index in [9.17, 15) is 0 Å². The molecule has 0 aliphatic carbocycles. The molecule has 0 saturated heterocycles. The van der Waals surface area contributed by atoms with Crippen LogP contribution in [0.4, 0.5) is 0 Å². The minimum absolute atomic E-state index is 0. The fraction of sp³-hybridized carbons (Fsp3) is 0. The topological polar surface area (TPSA) is 0 Å². The summed E-state index contributed by atoms with van der Waals surface area (Å²) >= 11 is 0. The molecule has 0 atom stereocenters. The molecule has 0 spiro atoms. The van der Waals surface area contributed by atoms with Crippen LogP contribution in [0.3, 0.4) is 0 Å². The van der Waals surface area contributed by atoms with E-state index in [1.807, 2.05) is 0 Å². The second-order valence-corrected chi connectivity index (χ2v) is 0. The van der Waals surface area contributed by atoms with Crippen molar-refractivity contribution in [2.24, 2.45) is 0 Å². The maximum Gasteiger partial charge on any atom is 0.187 e. The van der Waals surface area contributed by atoms with Crippen LogP contribution in [0.15, 0.2) is 0 Å². The molecule has 0 fully saturated rings.